The molecule has 0 fully saturated rings. The van der Waals surface area contributed by atoms with E-state index in [1.54, 1.807) is 39.8 Å². The number of sulfonamides is 1. The predicted molar refractivity (Wildman–Crippen MR) is 117 cm³/mol. The molecule has 1 aromatic carbocycles. The first-order valence-corrected chi connectivity index (χ1v) is 12.6. The molecule has 0 N–H and O–H groups in total. The van der Waals surface area contributed by atoms with Crippen molar-refractivity contribution in [3.05, 3.63) is 52.3 Å². The Balaban J connectivity index is 1.60. The van der Waals surface area contributed by atoms with Crippen LogP contribution in [-0.4, -0.2) is 43.2 Å². The summed E-state index contributed by atoms with van der Waals surface area (Å²) in [5, 5.41) is 4.61. The fraction of sp³-hybridized carbons (Fsp3) is 0.300. The first kappa shape index (κ1) is 20.2. The summed E-state index contributed by atoms with van der Waals surface area (Å²) in [5.41, 5.74) is 2.06. The molecule has 3 aromatic rings. The molecule has 0 bridgehead atoms. The number of hydrogen-bond donors (Lipinski definition) is 0. The topological polar surface area (TPSA) is 70.6 Å². The molecule has 4 rings (SSSR count). The van der Waals surface area contributed by atoms with E-state index in [-0.39, 0.29) is 10.8 Å². The fourth-order valence-corrected chi connectivity index (χ4v) is 6.60. The fourth-order valence-electron chi connectivity index (χ4n) is 3.49. The molecule has 0 atom stereocenters. The quantitative estimate of drug-likeness (QED) is 0.570. The number of anilines is 1. The normalized spacial score (nSPS) is 13.8. The molecule has 1 aliphatic heterocycles. The highest BCUT2D eigenvalue weighted by atomic mass is 32.2. The summed E-state index contributed by atoms with van der Waals surface area (Å²) in [7, 11) is -3.51. The molecule has 1 aliphatic rings. The molecule has 0 saturated heterocycles. The third kappa shape index (κ3) is 3.63. The Kier molecular flexibility index (Phi) is 5.56. The SMILES string of the molecule is CCN(CC)S(=O)(=O)c1ccc2c(c1)CCN2C(=O)c1csc(-c2cccs2)n1. The van der Waals surface area contributed by atoms with E-state index in [9.17, 15) is 13.2 Å². The van der Waals surface area contributed by atoms with E-state index in [1.807, 2.05) is 31.4 Å². The Hall–Kier alpha value is -2.07. The van der Waals surface area contributed by atoms with Gasteiger partial charge in [-0.05, 0) is 41.6 Å². The predicted octanol–water partition coefficient (Wildman–Crippen LogP) is 4.11. The lowest BCUT2D eigenvalue weighted by Crippen LogP contribution is -2.31. The number of carbonyl (C=O) groups excluding carboxylic acids is 1. The van der Waals surface area contributed by atoms with E-state index in [1.165, 1.54) is 15.6 Å². The van der Waals surface area contributed by atoms with E-state index in [0.29, 0.717) is 31.7 Å². The van der Waals surface area contributed by atoms with Crippen molar-refractivity contribution in [2.24, 2.45) is 0 Å². The average Bonchev–Trinajstić information content (AvgIpc) is 3.47. The van der Waals surface area contributed by atoms with Gasteiger partial charge < -0.3 is 4.90 Å². The molecular formula is C20H21N3O3S3. The van der Waals surface area contributed by atoms with Gasteiger partial charge in [0.15, 0.2) is 0 Å². The van der Waals surface area contributed by atoms with Crippen LogP contribution in [0.1, 0.15) is 29.9 Å². The van der Waals surface area contributed by atoms with Gasteiger partial charge in [-0.15, -0.1) is 22.7 Å². The summed E-state index contributed by atoms with van der Waals surface area (Å²) in [5.74, 6) is -0.151. The molecule has 152 valence electrons. The Bertz CT molecular complexity index is 1130. The van der Waals surface area contributed by atoms with E-state index >= 15 is 0 Å². The van der Waals surface area contributed by atoms with Gasteiger partial charge in [-0.25, -0.2) is 13.4 Å². The maximum Gasteiger partial charge on any atom is 0.277 e. The summed E-state index contributed by atoms with van der Waals surface area (Å²) in [6.07, 6.45) is 0.630. The molecule has 29 heavy (non-hydrogen) atoms. The number of benzene rings is 1. The van der Waals surface area contributed by atoms with Crippen molar-refractivity contribution in [2.45, 2.75) is 25.2 Å². The third-order valence-electron chi connectivity index (χ3n) is 4.99. The van der Waals surface area contributed by atoms with Gasteiger partial charge in [0.2, 0.25) is 10.0 Å². The zero-order chi connectivity index (χ0) is 20.6. The van der Waals surface area contributed by atoms with Crippen molar-refractivity contribution in [3.8, 4) is 9.88 Å². The van der Waals surface area contributed by atoms with E-state index in [4.69, 9.17) is 0 Å². The monoisotopic (exact) mass is 447 g/mol. The first-order valence-electron chi connectivity index (χ1n) is 9.40. The number of thiazole rings is 1. The molecule has 6 nitrogen and oxygen atoms in total. The van der Waals surface area contributed by atoms with Gasteiger partial charge in [-0.1, -0.05) is 19.9 Å². The Morgan fingerprint density at radius 3 is 2.69 bits per heavy atom. The smallest absolute Gasteiger partial charge is 0.277 e. The maximum absolute atomic E-state index is 13.0. The summed E-state index contributed by atoms with van der Waals surface area (Å²) in [6.45, 7) is 5.03. The molecule has 9 heteroatoms. The minimum atomic E-state index is -3.51. The van der Waals surface area contributed by atoms with Crippen molar-refractivity contribution >= 4 is 44.3 Å². The summed E-state index contributed by atoms with van der Waals surface area (Å²) in [6, 6.07) is 8.98. The van der Waals surface area contributed by atoms with Crippen LogP contribution in [0.5, 0.6) is 0 Å². The molecule has 0 unspecified atom stereocenters. The zero-order valence-corrected chi connectivity index (χ0v) is 18.6. The second-order valence-corrected chi connectivity index (χ2v) is 10.3. The lowest BCUT2D eigenvalue weighted by Gasteiger charge is -2.20. The standard InChI is InChI=1S/C20H21N3O3S3/c1-3-22(4-2)29(25,26)15-7-8-17-14(12-15)9-10-23(17)20(24)16-13-28-19(21-16)18-6-5-11-27-18/h5-8,11-13H,3-4,9-10H2,1-2H3. The number of nitrogens with zero attached hydrogens (tertiary/aromatic N) is 3. The summed E-state index contributed by atoms with van der Waals surface area (Å²) in [4.78, 5) is 20.5. The number of amides is 1. The molecule has 0 radical (unpaired) electrons. The van der Waals surface area contributed by atoms with Crippen LogP contribution in [0.2, 0.25) is 0 Å². The van der Waals surface area contributed by atoms with Crippen LogP contribution in [0.3, 0.4) is 0 Å². The van der Waals surface area contributed by atoms with Crippen molar-refractivity contribution < 1.29 is 13.2 Å². The first-order chi connectivity index (χ1) is 14.0. The lowest BCUT2D eigenvalue weighted by molar-refractivity contribution is 0.0985. The van der Waals surface area contributed by atoms with Gasteiger partial charge >= 0.3 is 0 Å². The van der Waals surface area contributed by atoms with Crippen molar-refractivity contribution in [1.82, 2.24) is 9.29 Å². The molecule has 0 saturated carbocycles. The minimum Gasteiger partial charge on any atom is -0.306 e. The highest BCUT2D eigenvalue weighted by Gasteiger charge is 2.30. The largest absolute Gasteiger partial charge is 0.306 e. The van der Waals surface area contributed by atoms with Crippen molar-refractivity contribution in [1.29, 1.82) is 0 Å². The van der Waals surface area contributed by atoms with Crippen LogP contribution in [0.4, 0.5) is 5.69 Å². The summed E-state index contributed by atoms with van der Waals surface area (Å²) < 4.78 is 27.0. The number of carbonyl (C=O) groups is 1. The second kappa shape index (κ2) is 7.98. The van der Waals surface area contributed by atoms with Crippen LogP contribution in [0, 0.1) is 0 Å². The molecular weight excluding hydrogens is 426 g/mol. The Morgan fingerprint density at radius 1 is 1.21 bits per heavy atom. The van der Waals surface area contributed by atoms with Crippen LogP contribution < -0.4 is 4.90 Å². The van der Waals surface area contributed by atoms with Gasteiger partial charge in [0.25, 0.3) is 5.91 Å². The Labute approximate surface area is 178 Å². The van der Waals surface area contributed by atoms with Gasteiger partial charge in [0, 0.05) is 30.7 Å². The van der Waals surface area contributed by atoms with Crippen LogP contribution in [0.15, 0.2) is 46.0 Å². The molecule has 0 spiro atoms. The number of rotatable bonds is 6. The van der Waals surface area contributed by atoms with Crippen molar-refractivity contribution in [3.63, 3.8) is 0 Å². The Morgan fingerprint density at radius 2 is 2.00 bits per heavy atom. The number of hydrogen-bond acceptors (Lipinski definition) is 6. The minimum absolute atomic E-state index is 0.151. The number of fused-ring (bicyclic) bond motifs is 1. The molecule has 2 aromatic heterocycles. The van der Waals surface area contributed by atoms with Gasteiger partial charge in [0.1, 0.15) is 10.7 Å². The molecule has 3 heterocycles. The highest BCUT2D eigenvalue weighted by Crippen LogP contribution is 2.33. The van der Waals surface area contributed by atoms with E-state index in [0.717, 1.165) is 21.1 Å². The van der Waals surface area contributed by atoms with Crippen LogP contribution in [-0.2, 0) is 16.4 Å². The van der Waals surface area contributed by atoms with Crippen LogP contribution in [0.25, 0.3) is 9.88 Å². The third-order valence-corrected chi connectivity index (χ3v) is 8.92. The molecule has 1 amide bonds. The van der Waals surface area contributed by atoms with Crippen molar-refractivity contribution in [2.75, 3.05) is 24.5 Å². The maximum atomic E-state index is 13.0. The van der Waals surface area contributed by atoms with Gasteiger partial charge in [-0.2, -0.15) is 4.31 Å². The highest BCUT2D eigenvalue weighted by molar-refractivity contribution is 7.89. The van der Waals surface area contributed by atoms with Gasteiger partial charge in [-0.3, -0.25) is 4.79 Å². The van der Waals surface area contributed by atoms with E-state index in [2.05, 4.69) is 4.98 Å². The zero-order valence-electron chi connectivity index (χ0n) is 16.2. The van der Waals surface area contributed by atoms with Crippen LogP contribution >= 0.6 is 22.7 Å². The molecule has 0 aliphatic carbocycles. The number of thiophene rings is 1. The second-order valence-electron chi connectivity index (χ2n) is 6.60. The summed E-state index contributed by atoms with van der Waals surface area (Å²) >= 11 is 3.05. The average molecular weight is 448 g/mol. The van der Waals surface area contributed by atoms with Gasteiger partial charge in [0.05, 0.1) is 9.77 Å². The van der Waals surface area contributed by atoms with E-state index < -0.39 is 10.0 Å². The number of aromatic nitrogens is 1. The lowest BCUT2D eigenvalue weighted by atomic mass is 10.2.